The fraction of sp³-hybridized carbons (Fsp3) is 0.235. The molecule has 0 aliphatic heterocycles. The molecular formula is C17H19NO3. The second kappa shape index (κ2) is 7.33. The molecule has 0 fully saturated rings. The Bertz CT molecular complexity index is 566. The van der Waals surface area contributed by atoms with Crippen molar-refractivity contribution in [3.8, 4) is 5.75 Å². The Labute approximate surface area is 124 Å². The van der Waals surface area contributed by atoms with E-state index in [9.17, 15) is 4.79 Å². The highest BCUT2D eigenvalue weighted by Gasteiger charge is 2.21. The number of methoxy groups -OCH3 is 1. The van der Waals surface area contributed by atoms with Gasteiger partial charge in [0.25, 0.3) is 0 Å². The maximum atomic E-state index is 12.2. The fourth-order valence-electron chi connectivity index (χ4n) is 2.00. The van der Waals surface area contributed by atoms with Gasteiger partial charge in [-0.25, -0.2) is 4.79 Å². The lowest BCUT2D eigenvalue weighted by Crippen LogP contribution is -2.23. The van der Waals surface area contributed by atoms with Gasteiger partial charge in [0.1, 0.15) is 5.75 Å². The van der Waals surface area contributed by atoms with Gasteiger partial charge in [-0.2, -0.15) is 0 Å². The summed E-state index contributed by atoms with van der Waals surface area (Å²) >= 11 is 0. The largest absolute Gasteiger partial charge is 0.497 e. The van der Waals surface area contributed by atoms with E-state index < -0.39 is 6.04 Å². The predicted octanol–water partition coefficient (Wildman–Crippen LogP) is 3.41. The monoisotopic (exact) mass is 285 g/mol. The zero-order chi connectivity index (χ0) is 15.1. The lowest BCUT2D eigenvalue weighted by molar-refractivity contribution is -0.144. The summed E-state index contributed by atoms with van der Waals surface area (Å²) in [4.78, 5) is 12.2. The first-order valence-corrected chi connectivity index (χ1v) is 6.86. The number of ether oxygens (including phenoxy) is 2. The van der Waals surface area contributed by atoms with Crippen LogP contribution in [0.5, 0.6) is 5.75 Å². The van der Waals surface area contributed by atoms with E-state index in [0.29, 0.717) is 6.61 Å². The van der Waals surface area contributed by atoms with E-state index in [1.165, 1.54) is 0 Å². The van der Waals surface area contributed by atoms with Crippen molar-refractivity contribution in [3.05, 3.63) is 60.2 Å². The Morgan fingerprint density at radius 1 is 1.10 bits per heavy atom. The third kappa shape index (κ3) is 3.99. The van der Waals surface area contributed by atoms with Crippen molar-refractivity contribution in [2.75, 3.05) is 19.0 Å². The molecule has 2 rings (SSSR count). The lowest BCUT2D eigenvalue weighted by Gasteiger charge is -2.19. The van der Waals surface area contributed by atoms with Crippen molar-refractivity contribution in [2.45, 2.75) is 13.0 Å². The topological polar surface area (TPSA) is 47.6 Å². The Kier molecular flexibility index (Phi) is 5.21. The van der Waals surface area contributed by atoms with Crippen LogP contribution < -0.4 is 10.1 Å². The number of carbonyl (C=O) groups excluding carboxylic acids is 1. The minimum absolute atomic E-state index is 0.292. The van der Waals surface area contributed by atoms with E-state index >= 15 is 0 Å². The molecule has 0 heterocycles. The number of anilines is 1. The van der Waals surface area contributed by atoms with E-state index in [0.717, 1.165) is 17.0 Å². The molecule has 110 valence electrons. The highest BCUT2D eigenvalue weighted by molar-refractivity contribution is 5.81. The molecule has 0 spiro atoms. The van der Waals surface area contributed by atoms with Crippen molar-refractivity contribution >= 4 is 11.7 Å². The Hall–Kier alpha value is -2.49. The Morgan fingerprint density at radius 3 is 2.33 bits per heavy atom. The van der Waals surface area contributed by atoms with Gasteiger partial charge in [0, 0.05) is 5.69 Å². The zero-order valence-corrected chi connectivity index (χ0v) is 12.2. The summed E-state index contributed by atoms with van der Waals surface area (Å²) < 4.78 is 10.3. The van der Waals surface area contributed by atoms with Gasteiger partial charge in [-0.15, -0.1) is 0 Å². The van der Waals surface area contributed by atoms with E-state index in [4.69, 9.17) is 9.47 Å². The van der Waals surface area contributed by atoms with E-state index in [1.54, 1.807) is 14.0 Å². The molecule has 0 bridgehead atoms. The standard InChI is InChI=1S/C17H19NO3/c1-3-21-17(19)16(13-7-5-4-6-8-13)18-14-9-11-15(20-2)12-10-14/h4-12,16,18H,3H2,1-2H3/t16-/m0/s1. The maximum Gasteiger partial charge on any atom is 0.333 e. The average molecular weight is 285 g/mol. The van der Waals surface area contributed by atoms with Crippen LogP contribution in [0.2, 0.25) is 0 Å². The molecule has 0 aliphatic carbocycles. The molecular weight excluding hydrogens is 266 g/mol. The first-order chi connectivity index (χ1) is 10.2. The number of benzene rings is 2. The van der Waals surface area contributed by atoms with E-state index in [2.05, 4.69) is 5.32 Å². The van der Waals surface area contributed by atoms with Crippen LogP contribution in [0.3, 0.4) is 0 Å². The van der Waals surface area contributed by atoms with E-state index in [-0.39, 0.29) is 5.97 Å². The highest BCUT2D eigenvalue weighted by atomic mass is 16.5. The molecule has 0 saturated carbocycles. The van der Waals surface area contributed by atoms with Crippen LogP contribution in [0.15, 0.2) is 54.6 Å². The van der Waals surface area contributed by atoms with Gasteiger partial charge < -0.3 is 14.8 Å². The van der Waals surface area contributed by atoms with E-state index in [1.807, 2.05) is 54.6 Å². The molecule has 0 saturated heterocycles. The summed E-state index contributed by atoms with van der Waals surface area (Å²) in [6.45, 7) is 2.15. The number of carbonyl (C=O) groups is 1. The summed E-state index contributed by atoms with van der Waals surface area (Å²) in [5.74, 6) is 0.479. The van der Waals surface area contributed by atoms with Crippen LogP contribution in [0, 0.1) is 0 Å². The molecule has 0 unspecified atom stereocenters. The molecule has 0 aromatic heterocycles. The fourth-order valence-corrected chi connectivity index (χ4v) is 2.00. The van der Waals surface area contributed by atoms with Gasteiger partial charge >= 0.3 is 5.97 Å². The van der Waals surface area contributed by atoms with Gasteiger partial charge in [-0.1, -0.05) is 30.3 Å². The second-order valence-electron chi connectivity index (χ2n) is 4.47. The first-order valence-electron chi connectivity index (χ1n) is 6.86. The minimum atomic E-state index is -0.528. The molecule has 4 heteroatoms. The number of esters is 1. The van der Waals surface area contributed by atoms with Crippen LogP contribution in [0.1, 0.15) is 18.5 Å². The third-order valence-electron chi connectivity index (χ3n) is 3.06. The number of hydrogen-bond acceptors (Lipinski definition) is 4. The van der Waals surface area contributed by atoms with Crippen molar-refractivity contribution in [2.24, 2.45) is 0 Å². The van der Waals surface area contributed by atoms with Crippen molar-refractivity contribution in [1.82, 2.24) is 0 Å². The molecule has 21 heavy (non-hydrogen) atoms. The zero-order valence-electron chi connectivity index (χ0n) is 12.2. The van der Waals surface area contributed by atoms with Crippen LogP contribution in [-0.2, 0) is 9.53 Å². The SMILES string of the molecule is CCOC(=O)[C@@H](Nc1ccc(OC)cc1)c1ccccc1. The number of rotatable bonds is 6. The van der Waals surface area contributed by atoms with Crippen molar-refractivity contribution in [3.63, 3.8) is 0 Å². The van der Waals surface area contributed by atoms with Crippen LogP contribution in [-0.4, -0.2) is 19.7 Å². The van der Waals surface area contributed by atoms with Crippen LogP contribution >= 0.6 is 0 Å². The molecule has 0 radical (unpaired) electrons. The summed E-state index contributed by atoms with van der Waals surface area (Å²) in [7, 11) is 1.62. The quantitative estimate of drug-likeness (QED) is 0.826. The van der Waals surface area contributed by atoms with Gasteiger partial charge in [0.15, 0.2) is 6.04 Å². The smallest absolute Gasteiger partial charge is 0.333 e. The molecule has 1 atom stereocenters. The Morgan fingerprint density at radius 2 is 1.76 bits per heavy atom. The highest BCUT2D eigenvalue weighted by Crippen LogP contribution is 2.23. The van der Waals surface area contributed by atoms with Gasteiger partial charge in [-0.05, 0) is 36.8 Å². The first kappa shape index (κ1) is 14.9. The van der Waals surface area contributed by atoms with Gasteiger partial charge in [0.05, 0.1) is 13.7 Å². The Balaban J connectivity index is 2.21. The summed E-state index contributed by atoms with van der Waals surface area (Å²) in [5.41, 5.74) is 1.70. The summed E-state index contributed by atoms with van der Waals surface area (Å²) in [6.07, 6.45) is 0. The third-order valence-corrected chi connectivity index (χ3v) is 3.06. The van der Waals surface area contributed by atoms with Crippen LogP contribution in [0.25, 0.3) is 0 Å². The molecule has 1 N–H and O–H groups in total. The minimum Gasteiger partial charge on any atom is -0.497 e. The summed E-state index contributed by atoms with van der Waals surface area (Å²) in [6, 6.07) is 16.4. The maximum absolute atomic E-state index is 12.2. The predicted molar refractivity (Wildman–Crippen MR) is 82.4 cm³/mol. The molecule has 4 nitrogen and oxygen atoms in total. The lowest BCUT2D eigenvalue weighted by atomic mass is 10.1. The van der Waals surface area contributed by atoms with Crippen LogP contribution in [0.4, 0.5) is 5.69 Å². The summed E-state index contributed by atoms with van der Waals surface area (Å²) in [5, 5.41) is 3.20. The second-order valence-corrected chi connectivity index (χ2v) is 4.47. The normalized spacial score (nSPS) is 11.5. The molecule has 2 aromatic carbocycles. The number of nitrogens with one attached hydrogen (secondary N) is 1. The van der Waals surface area contributed by atoms with Gasteiger partial charge in [0.2, 0.25) is 0 Å². The van der Waals surface area contributed by atoms with Gasteiger partial charge in [-0.3, -0.25) is 0 Å². The molecule has 0 amide bonds. The van der Waals surface area contributed by atoms with Crippen molar-refractivity contribution in [1.29, 1.82) is 0 Å². The average Bonchev–Trinajstić information content (AvgIpc) is 2.54. The molecule has 0 aliphatic rings. The van der Waals surface area contributed by atoms with Crippen molar-refractivity contribution < 1.29 is 14.3 Å². The number of hydrogen-bond donors (Lipinski definition) is 1. The molecule has 2 aromatic rings.